The number of fused-ring (bicyclic) bond motifs is 3. The molecule has 0 radical (unpaired) electrons. The van der Waals surface area contributed by atoms with Crippen molar-refractivity contribution in [2.75, 3.05) is 0 Å². The summed E-state index contributed by atoms with van der Waals surface area (Å²) in [7, 11) is 4.38. The predicted molar refractivity (Wildman–Crippen MR) is 163 cm³/mol. The second-order valence-electron chi connectivity index (χ2n) is 11.8. The van der Waals surface area contributed by atoms with Crippen LogP contribution in [0.1, 0.15) is 60.1 Å². The normalized spacial score (nSPS) is 13.6. The van der Waals surface area contributed by atoms with Gasteiger partial charge in [-0.2, -0.15) is 0 Å². The molecule has 3 heteroatoms. The van der Waals surface area contributed by atoms with Gasteiger partial charge in [-0.25, -0.2) is 9.13 Å². The Bertz CT molecular complexity index is 1890. The van der Waals surface area contributed by atoms with Gasteiger partial charge in [0.1, 0.15) is 25.3 Å². The summed E-state index contributed by atoms with van der Waals surface area (Å²) in [4.78, 5) is 0. The first kappa shape index (κ1) is 26.0. The zero-order valence-electron chi connectivity index (χ0n) is 24.6. The fourth-order valence-corrected chi connectivity index (χ4v) is 7.12. The van der Waals surface area contributed by atoms with Gasteiger partial charge >= 0.3 is 0 Å². The van der Waals surface area contributed by atoms with Gasteiger partial charge in [0.25, 0.3) is 0 Å². The third-order valence-electron chi connectivity index (χ3n) is 9.02. The third kappa shape index (κ3) is 3.79. The Morgan fingerprint density at radius 3 is 2.05 bits per heavy atom. The van der Waals surface area contributed by atoms with Crippen molar-refractivity contribution in [1.29, 1.82) is 0 Å². The minimum absolute atomic E-state index is 0.195. The monoisotopic (exact) mass is 526 g/mol. The molecule has 0 spiro atoms. The van der Waals surface area contributed by atoms with Crippen LogP contribution in [0.15, 0.2) is 108 Å². The summed E-state index contributed by atoms with van der Waals surface area (Å²) >= 11 is 0. The Labute approximate surface area is 237 Å². The van der Waals surface area contributed by atoms with Crippen LogP contribution in [0, 0.1) is 13.8 Å². The van der Waals surface area contributed by atoms with Gasteiger partial charge in [-0.3, -0.25) is 0 Å². The maximum atomic E-state index is 6.41. The highest BCUT2D eigenvalue weighted by atomic mass is 16.3. The standard InChI is InChI=1S/C37H38N2O/c1-25-15-8-10-17-28(25)36(3,4)31-20-14-21-33(39(31)7)37(5,32-19-12-13-24-38(32)6)35-26(2)22-23-30-34(35)27-16-9-11-18-29(27)40-30/h8-24H,1-7H3/q+2. The van der Waals surface area contributed by atoms with E-state index in [1.807, 2.05) is 6.07 Å². The lowest BCUT2D eigenvalue weighted by molar-refractivity contribution is -0.702. The summed E-state index contributed by atoms with van der Waals surface area (Å²) in [5, 5.41) is 2.34. The molecule has 0 bridgehead atoms. The minimum atomic E-state index is -0.487. The van der Waals surface area contributed by atoms with Gasteiger partial charge in [-0.15, -0.1) is 0 Å². The van der Waals surface area contributed by atoms with Crippen molar-refractivity contribution < 1.29 is 13.6 Å². The van der Waals surface area contributed by atoms with E-state index in [1.165, 1.54) is 44.7 Å². The number of benzene rings is 3. The molecule has 40 heavy (non-hydrogen) atoms. The van der Waals surface area contributed by atoms with E-state index in [2.05, 4.69) is 155 Å². The first-order valence-electron chi connectivity index (χ1n) is 14.1. The Balaban J connectivity index is 1.73. The van der Waals surface area contributed by atoms with Gasteiger partial charge in [0.15, 0.2) is 17.3 Å². The smallest absolute Gasteiger partial charge is 0.202 e. The number of hydrogen-bond acceptors (Lipinski definition) is 1. The molecule has 1 unspecified atom stereocenters. The van der Waals surface area contributed by atoms with Gasteiger partial charge in [-0.1, -0.05) is 54.6 Å². The van der Waals surface area contributed by atoms with Gasteiger partial charge in [0, 0.05) is 35.0 Å². The molecule has 0 saturated heterocycles. The van der Waals surface area contributed by atoms with E-state index in [1.54, 1.807) is 0 Å². The summed E-state index contributed by atoms with van der Waals surface area (Å²) in [5.74, 6) is 0. The summed E-state index contributed by atoms with van der Waals surface area (Å²) in [6.45, 7) is 11.5. The average Bonchev–Trinajstić information content (AvgIpc) is 3.31. The van der Waals surface area contributed by atoms with E-state index in [-0.39, 0.29) is 5.41 Å². The van der Waals surface area contributed by atoms with Gasteiger partial charge < -0.3 is 4.42 Å². The van der Waals surface area contributed by atoms with Crippen LogP contribution < -0.4 is 9.13 Å². The van der Waals surface area contributed by atoms with E-state index in [0.717, 1.165) is 16.6 Å². The number of furan rings is 1. The van der Waals surface area contributed by atoms with Crippen LogP contribution in [0.5, 0.6) is 0 Å². The molecule has 6 aromatic rings. The summed E-state index contributed by atoms with van der Waals surface area (Å²) in [6, 6.07) is 34.8. The van der Waals surface area contributed by atoms with E-state index < -0.39 is 5.41 Å². The molecule has 0 amide bonds. The van der Waals surface area contributed by atoms with Crippen molar-refractivity contribution in [1.82, 2.24) is 0 Å². The third-order valence-corrected chi connectivity index (χ3v) is 9.02. The SMILES string of the molecule is Cc1ccccc1C(C)(C)c1cccc(C(C)(c2c(C)ccc3oc4ccccc4c23)c2cccc[n+]2C)[n+]1C. The lowest BCUT2D eigenvalue weighted by Gasteiger charge is -2.30. The number of aryl methyl sites for hydroxylation is 3. The molecule has 3 aromatic carbocycles. The van der Waals surface area contributed by atoms with Crippen LogP contribution in [-0.2, 0) is 24.9 Å². The number of aromatic nitrogens is 2. The highest BCUT2D eigenvalue weighted by Gasteiger charge is 2.48. The first-order valence-corrected chi connectivity index (χ1v) is 14.1. The molecular weight excluding hydrogens is 488 g/mol. The average molecular weight is 527 g/mol. The predicted octanol–water partition coefficient (Wildman–Crippen LogP) is 7.53. The van der Waals surface area contributed by atoms with Crippen LogP contribution in [0.3, 0.4) is 0 Å². The van der Waals surface area contributed by atoms with Crippen LogP contribution in [-0.4, -0.2) is 0 Å². The number of pyridine rings is 2. The zero-order valence-corrected chi connectivity index (χ0v) is 24.6. The van der Waals surface area contributed by atoms with Crippen molar-refractivity contribution in [3.05, 3.63) is 143 Å². The molecule has 3 nitrogen and oxygen atoms in total. The van der Waals surface area contributed by atoms with Crippen molar-refractivity contribution in [2.45, 2.75) is 45.4 Å². The molecule has 0 aliphatic rings. The largest absolute Gasteiger partial charge is 0.456 e. The summed E-state index contributed by atoms with van der Waals surface area (Å²) in [5.41, 5.74) is 10.0. The van der Waals surface area contributed by atoms with Crippen molar-refractivity contribution in [2.24, 2.45) is 14.1 Å². The topological polar surface area (TPSA) is 20.9 Å². The van der Waals surface area contributed by atoms with Crippen LogP contribution in [0.4, 0.5) is 0 Å². The van der Waals surface area contributed by atoms with E-state index in [9.17, 15) is 0 Å². The molecule has 0 aliphatic carbocycles. The van der Waals surface area contributed by atoms with Gasteiger partial charge in [-0.05, 0) is 75.1 Å². The number of hydrogen-bond donors (Lipinski definition) is 0. The van der Waals surface area contributed by atoms with Crippen LogP contribution >= 0.6 is 0 Å². The zero-order chi connectivity index (χ0) is 28.2. The van der Waals surface area contributed by atoms with Crippen molar-refractivity contribution >= 4 is 21.9 Å². The molecule has 3 heterocycles. The fraction of sp³-hybridized carbons (Fsp3) is 0.243. The maximum Gasteiger partial charge on any atom is 0.202 e. The molecule has 1 atom stereocenters. The minimum Gasteiger partial charge on any atom is -0.456 e. The molecular formula is C37H38N2O+2. The second kappa shape index (κ2) is 9.45. The number of para-hydroxylation sites is 1. The van der Waals surface area contributed by atoms with E-state index in [0.29, 0.717) is 0 Å². The number of rotatable bonds is 5. The molecule has 0 saturated carbocycles. The molecule has 0 fully saturated rings. The summed E-state index contributed by atoms with van der Waals surface area (Å²) < 4.78 is 11.1. The number of nitrogens with zero attached hydrogens (tertiary/aromatic N) is 2. The summed E-state index contributed by atoms with van der Waals surface area (Å²) in [6.07, 6.45) is 2.15. The fourth-order valence-electron chi connectivity index (χ4n) is 7.12. The highest BCUT2D eigenvalue weighted by Crippen LogP contribution is 2.45. The second-order valence-corrected chi connectivity index (χ2v) is 11.8. The quantitative estimate of drug-likeness (QED) is 0.213. The Hall–Kier alpha value is -4.24. The first-order chi connectivity index (χ1) is 19.2. The molecule has 0 N–H and O–H groups in total. The Morgan fingerprint density at radius 1 is 0.600 bits per heavy atom. The van der Waals surface area contributed by atoms with E-state index >= 15 is 0 Å². The molecule has 3 aromatic heterocycles. The Morgan fingerprint density at radius 2 is 1.27 bits per heavy atom. The maximum absolute atomic E-state index is 6.41. The van der Waals surface area contributed by atoms with Gasteiger partial charge in [0.2, 0.25) is 11.4 Å². The van der Waals surface area contributed by atoms with Crippen molar-refractivity contribution in [3.8, 4) is 0 Å². The molecule has 6 rings (SSSR count). The van der Waals surface area contributed by atoms with E-state index in [4.69, 9.17) is 4.42 Å². The lowest BCUT2D eigenvalue weighted by atomic mass is 9.71. The lowest BCUT2D eigenvalue weighted by Crippen LogP contribution is -2.53. The molecule has 200 valence electrons. The highest BCUT2D eigenvalue weighted by molar-refractivity contribution is 6.08. The van der Waals surface area contributed by atoms with Crippen LogP contribution in [0.2, 0.25) is 0 Å². The van der Waals surface area contributed by atoms with Gasteiger partial charge in [0.05, 0.1) is 5.41 Å². The molecule has 0 aliphatic heterocycles. The Kier molecular flexibility index (Phi) is 6.14. The van der Waals surface area contributed by atoms with Crippen LogP contribution in [0.25, 0.3) is 21.9 Å². The van der Waals surface area contributed by atoms with Crippen molar-refractivity contribution in [3.63, 3.8) is 0 Å².